The van der Waals surface area contributed by atoms with Crippen molar-refractivity contribution in [3.63, 3.8) is 0 Å². The zero-order valence-corrected chi connectivity index (χ0v) is 24.2. The summed E-state index contributed by atoms with van der Waals surface area (Å²) in [5, 5.41) is 6.90. The third kappa shape index (κ3) is 7.46. The Labute approximate surface area is 239 Å². The van der Waals surface area contributed by atoms with Crippen LogP contribution in [0.1, 0.15) is 50.5 Å². The third-order valence-electron chi connectivity index (χ3n) is 7.92. The zero-order valence-electron chi connectivity index (χ0n) is 22.7. The van der Waals surface area contributed by atoms with Crippen LogP contribution >= 0.6 is 11.6 Å². The van der Waals surface area contributed by atoms with Crippen LogP contribution in [0.4, 0.5) is 16.1 Å². The van der Waals surface area contributed by atoms with Crippen molar-refractivity contribution in [2.75, 3.05) is 35.3 Å². The van der Waals surface area contributed by atoms with Crippen LogP contribution in [0.2, 0.25) is 5.02 Å². The van der Waals surface area contributed by atoms with Crippen molar-refractivity contribution in [3.05, 3.63) is 52.8 Å². The predicted octanol–water partition coefficient (Wildman–Crippen LogP) is 5.35. The quantitative estimate of drug-likeness (QED) is 0.310. The van der Waals surface area contributed by atoms with E-state index in [1.807, 2.05) is 0 Å². The summed E-state index contributed by atoms with van der Waals surface area (Å²) in [6.45, 7) is 1.11. The van der Waals surface area contributed by atoms with Gasteiger partial charge in [0, 0.05) is 42.2 Å². The molecule has 1 unspecified atom stereocenters. The van der Waals surface area contributed by atoms with Gasteiger partial charge in [-0.25, -0.2) is 12.8 Å². The standard InChI is InChI=1S/C29H36ClFN4O4S/c1-40(37,38)14-12-23(18-35-13-11-20-16-22(31)8-10-26(20)35)32-28(36)25(15-19-5-3-2-4-6-19)34-29-33-24-9-7-21(30)17-27(24)39-29/h7-10,16-17,19,23,25H,2-6,11-15,18H2,1H3,(H,32,36)(H,33,34)/t23?,25-/m0/s1. The minimum Gasteiger partial charge on any atom is -0.423 e. The SMILES string of the molecule is CS(=O)(=O)CCC(CN1CCc2cc(F)ccc21)NC(=O)[C@H](CC1CCCCC1)Nc1nc2ccc(Cl)cc2o1. The summed E-state index contributed by atoms with van der Waals surface area (Å²) >= 11 is 6.10. The number of hydrogen-bond donors (Lipinski definition) is 2. The Hall–Kier alpha value is -2.85. The Morgan fingerprint density at radius 3 is 2.77 bits per heavy atom. The smallest absolute Gasteiger partial charge is 0.296 e. The highest BCUT2D eigenvalue weighted by Crippen LogP contribution is 2.31. The highest BCUT2D eigenvalue weighted by molar-refractivity contribution is 7.90. The number of carbonyl (C=O) groups is 1. The minimum absolute atomic E-state index is 0.0470. The second kappa shape index (κ2) is 12.3. The van der Waals surface area contributed by atoms with Crippen LogP contribution in [0.15, 0.2) is 40.8 Å². The molecule has 1 aliphatic heterocycles. The molecular weight excluding hydrogens is 555 g/mol. The molecule has 8 nitrogen and oxygen atoms in total. The summed E-state index contributed by atoms with van der Waals surface area (Å²) in [5.41, 5.74) is 3.00. The van der Waals surface area contributed by atoms with Crippen molar-refractivity contribution < 1.29 is 22.0 Å². The first-order valence-electron chi connectivity index (χ1n) is 14.0. The zero-order chi connectivity index (χ0) is 28.3. The number of benzene rings is 2. The van der Waals surface area contributed by atoms with Crippen LogP contribution in [-0.2, 0) is 21.1 Å². The molecule has 1 amide bonds. The first kappa shape index (κ1) is 28.7. The van der Waals surface area contributed by atoms with Gasteiger partial charge >= 0.3 is 0 Å². The summed E-state index contributed by atoms with van der Waals surface area (Å²) in [5.74, 6) is -0.150. The maximum atomic E-state index is 13.8. The molecule has 2 N–H and O–H groups in total. The molecule has 2 atom stereocenters. The maximum Gasteiger partial charge on any atom is 0.296 e. The van der Waals surface area contributed by atoms with Crippen molar-refractivity contribution in [1.29, 1.82) is 0 Å². The molecule has 1 fully saturated rings. The molecule has 40 heavy (non-hydrogen) atoms. The number of oxazole rings is 1. The lowest BCUT2D eigenvalue weighted by atomic mass is 9.84. The molecular formula is C29H36ClFN4O4S. The van der Waals surface area contributed by atoms with E-state index in [0.29, 0.717) is 48.0 Å². The fourth-order valence-corrected chi connectivity index (χ4v) is 6.73. The lowest BCUT2D eigenvalue weighted by molar-refractivity contribution is -0.123. The van der Waals surface area contributed by atoms with Crippen LogP contribution in [0.5, 0.6) is 0 Å². The van der Waals surface area contributed by atoms with Gasteiger partial charge < -0.3 is 20.0 Å². The summed E-state index contributed by atoms with van der Waals surface area (Å²) in [7, 11) is -3.24. The van der Waals surface area contributed by atoms with Gasteiger partial charge in [0.15, 0.2) is 5.58 Å². The van der Waals surface area contributed by atoms with Crippen LogP contribution in [0, 0.1) is 11.7 Å². The number of sulfone groups is 1. The lowest BCUT2D eigenvalue weighted by Gasteiger charge is -2.30. The molecule has 0 radical (unpaired) electrons. The van der Waals surface area contributed by atoms with Crippen molar-refractivity contribution >= 4 is 50.1 Å². The first-order chi connectivity index (χ1) is 19.1. The summed E-state index contributed by atoms with van der Waals surface area (Å²) in [4.78, 5) is 20.4. The Kier molecular flexibility index (Phi) is 8.85. The molecule has 2 aliphatic rings. The lowest BCUT2D eigenvalue weighted by Crippen LogP contribution is -2.50. The maximum absolute atomic E-state index is 13.8. The number of amides is 1. The molecule has 1 saturated carbocycles. The molecule has 2 aromatic carbocycles. The topological polar surface area (TPSA) is 105 Å². The van der Waals surface area contributed by atoms with E-state index < -0.39 is 21.9 Å². The van der Waals surface area contributed by atoms with E-state index in [9.17, 15) is 17.6 Å². The Morgan fingerprint density at radius 2 is 2.00 bits per heavy atom. The van der Waals surface area contributed by atoms with Gasteiger partial charge in [0.1, 0.15) is 27.2 Å². The molecule has 0 bridgehead atoms. The van der Waals surface area contributed by atoms with Crippen molar-refractivity contribution in [3.8, 4) is 0 Å². The number of halogens is 2. The molecule has 2 heterocycles. The van der Waals surface area contributed by atoms with Gasteiger partial charge in [-0.3, -0.25) is 4.79 Å². The monoisotopic (exact) mass is 590 g/mol. The fraction of sp³-hybridized carbons (Fsp3) is 0.517. The van der Waals surface area contributed by atoms with E-state index >= 15 is 0 Å². The van der Waals surface area contributed by atoms with Gasteiger partial charge in [-0.05, 0) is 61.1 Å². The van der Waals surface area contributed by atoms with Crippen LogP contribution < -0.4 is 15.5 Å². The van der Waals surface area contributed by atoms with Crippen LogP contribution in [0.25, 0.3) is 11.1 Å². The van der Waals surface area contributed by atoms with Crippen molar-refractivity contribution in [2.45, 2.75) is 63.5 Å². The van der Waals surface area contributed by atoms with E-state index in [2.05, 4.69) is 20.5 Å². The van der Waals surface area contributed by atoms with E-state index in [0.717, 1.165) is 36.9 Å². The van der Waals surface area contributed by atoms with Crippen LogP contribution in [0.3, 0.4) is 0 Å². The summed E-state index contributed by atoms with van der Waals surface area (Å²) in [6, 6.07) is 9.13. The number of carbonyl (C=O) groups excluding carboxylic acids is 1. The van der Waals surface area contributed by atoms with E-state index in [1.165, 1.54) is 24.8 Å². The van der Waals surface area contributed by atoms with Gasteiger partial charge in [0.25, 0.3) is 6.01 Å². The van der Waals surface area contributed by atoms with Gasteiger partial charge in [0.05, 0.1) is 5.75 Å². The largest absolute Gasteiger partial charge is 0.423 e. The minimum atomic E-state index is -3.24. The highest BCUT2D eigenvalue weighted by atomic mass is 35.5. The van der Waals surface area contributed by atoms with Gasteiger partial charge in [-0.15, -0.1) is 0 Å². The second-order valence-electron chi connectivity index (χ2n) is 11.2. The van der Waals surface area contributed by atoms with E-state index in [-0.39, 0.29) is 29.9 Å². The Balaban J connectivity index is 1.34. The second-order valence-corrected chi connectivity index (χ2v) is 13.9. The molecule has 3 aromatic rings. The molecule has 5 rings (SSSR count). The number of aromatic nitrogens is 1. The molecule has 0 spiro atoms. The first-order valence-corrected chi connectivity index (χ1v) is 16.4. The molecule has 216 valence electrons. The van der Waals surface area contributed by atoms with Crippen LogP contribution in [-0.4, -0.2) is 56.5 Å². The Bertz CT molecular complexity index is 1460. The number of hydrogen-bond acceptors (Lipinski definition) is 7. The van der Waals surface area contributed by atoms with E-state index in [4.69, 9.17) is 16.0 Å². The third-order valence-corrected chi connectivity index (χ3v) is 9.13. The average molecular weight is 591 g/mol. The average Bonchev–Trinajstić information content (AvgIpc) is 3.49. The Morgan fingerprint density at radius 1 is 1.20 bits per heavy atom. The number of fused-ring (bicyclic) bond motifs is 2. The van der Waals surface area contributed by atoms with E-state index in [1.54, 1.807) is 24.3 Å². The number of rotatable bonds is 11. The van der Waals surface area contributed by atoms with Gasteiger partial charge in [0.2, 0.25) is 5.91 Å². The predicted molar refractivity (Wildman–Crippen MR) is 156 cm³/mol. The fourth-order valence-electron chi connectivity index (χ4n) is 5.86. The van der Waals surface area contributed by atoms with Gasteiger partial charge in [-0.2, -0.15) is 4.98 Å². The number of anilines is 2. The van der Waals surface area contributed by atoms with Crippen molar-refractivity contribution in [1.82, 2.24) is 10.3 Å². The summed E-state index contributed by atoms with van der Waals surface area (Å²) in [6.07, 6.45) is 8.42. The molecule has 1 aromatic heterocycles. The number of nitrogens with zero attached hydrogens (tertiary/aromatic N) is 2. The summed E-state index contributed by atoms with van der Waals surface area (Å²) < 4.78 is 43.7. The van der Waals surface area contributed by atoms with Crippen molar-refractivity contribution in [2.24, 2.45) is 5.92 Å². The molecule has 11 heteroatoms. The number of nitrogens with one attached hydrogen (secondary N) is 2. The molecule has 0 saturated heterocycles. The normalized spacial score (nSPS) is 17.5. The highest BCUT2D eigenvalue weighted by Gasteiger charge is 2.30. The van der Waals surface area contributed by atoms with Gasteiger partial charge in [-0.1, -0.05) is 43.7 Å². The molecule has 1 aliphatic carbocycles.